The molecule has 0 spiro atoms. The zero-order valence-electron chi connectivity index (χ0n) is 13.0. The van der Waals surface area contributed by atoms with Crippen LogP contribution >= 0.6 is 0 Å². The summed E-state index contributed by atoms with van der Waals surface area (Å²) in [6.07, 6.45) is 0. The van der Waals surface area contributed by atoms with Crippen molar-refractivity contribution in [2.24, 2.45) is 4.99 Å². The van der Waals surface area contributed by atoms with Crippen LogP contribution in [0, 0.1) is 10.1 Å². The van der Waals surface area contributed by atoms with Crippen LogP contribution in [0.4, 0.5) is 5.69 Å². The number of non-ortho nitro benzene ring substituents is 1. The van der Waals surface area contributed by atoms with Gasteiger partial charge in [-0.25, -0.2) is 9.79 Å². The van der Waals surface area contributed by atoms with E-state index in [1.165, 1.54) is 12.1 Å². The summed E-state index contributed by atoms with van der Waals surface area (Å²) in [6, 6.07) is 15.2. The molecule has 7 nitrogen and oxygen atoms in total. The SMILES string of the molecule is O=C1OCC2=C1C(c1cccc([N+](=O)[O-])c1)NC(c1ccccc1)=N2. The van der Waals surface area contributed by atoms with Crippen molar-refractivity contribution in [3.63, 3.8) is 0 Å². The van der Waals surface area contributed by atoms with Gasteiger partial charge in [0.15, 0.2) is 0 Å². The summed E-state index contributed by atoms with van der Waals surface area (Å²) in [7, 11) is 0. The number of esters is 1. The van der Waals surface area contributed by atoms with E-state index in [9.17, 15) is 14.9 Å². The van der Waals surface area contributed by atoms with Crippen molar-refractivity contribution in [1.29, 1.82) is 0 Å². The lowest BCUT2D eigenvalue weighted by Gasteiger charge is -2.25. The number of nitrogens with one attached hydrogen (secondary N) is 1. The second-order valence-electron chi connectivity index (χ2n) is 5.69. The zero-order valence-corrected chi connectivity index (χ0v) is 13.0. The number of ether oxygens (including phenoxy) is 1. The molecule has 0 aliphatic carbocycles. The number of nitro groups is 1. The second-order valence-corrected chi connectivity index (χ2v) is 5.69. The van der Waals surface area contributed by atoms with E-state index in [1.54, 1.807) is 12.1 Å². The summed E-state index contributed by atoms with van der Waals surface area (Å²) in [5.74, 6) is 0.157. The number of benzene rings is 2. The van der Waals surface area contributed by atoms with Crippen molar-refractivity contribution >= 4 is 17.5 Å². The van der Waals surface area contributed by atoms with Crippen molar-refractivity contribution in [3.05, 3.63) is 87.1 Å². The van der Waals surface area contributed by atoms with Gasteiger partial charge in [0.25, 0.3) is 5.69 Å². The summed E-state index contributed by atoms with van der Waals surface area (Å²) < 4.78 is 5.12. The van der Waals surface area contributed by atoms with Gasteiger partial charge < -0.3 is 10.1 Å². The van der Waals surface area contributed by atoms with Gasteiger partial charge in [-0.15, -0.1) is 0 Å². The van der Waals surface area contributed by atoms with Gasteiger partial charge >= 0.3 is 5.97 Å². The molecular weight excluding hydrogens is 322 g/mol. The van der Waals surface area contributed by atoms with Gasteiger partial charge in [-0.1, -0.05) is 42.5 Å². The van der Waals surface area contributed by atoms with E-state index in [1.807, 2.05) is 30.3 Å². The minimum Gasteiger partial charge on any atom is -0.456 e. The molecule has 1 atom stereocenters. The number of cyclic esters (lactones) is 1. The first-order chi connectivity index (χ1) is 12.1. The fraction of sp³-hybridized carbons (Fsp3) is 0.111. The molecule has 2 heterocycles. The maximum Gasteiger partial charge on any atom is 0.338 e. The van der Waals surface area contributed by atoms with Gasteiger partial charge in [-0.3, -0.25) is 10.1 Å². The molecule has 0 saturated heterocycles. The molecule has 0 saturated carbocycles. The largest absolute Gasteiger partial charge is 0.456 e. The number of nitro benzene ring substituents is 1. The van der Waals surface area contributed by atoms with Gasteiger partial charge in [0.05, 0.1) is 22.2 Å². The monoisotopic (exact) mass is 335 g/mol. The standard InChI is InChI=1S/C18H13N3O4/c22-18-15-14(10-25-18)19-17(11-5-2-1-3-6-11)20-16(15)12-7-4-8-13(9-12)21(23)24/h1-9,16H,10H2,(H,19,20). The summed E-state index contributed by atoms with van der Waals surface area (Å²) in [5, 5.41) is 14.3. The normalized spacial score (nSPS) is 19.0. The Morgan fingerprint density at radius 1 is 1.16 bits per heavy atom. The van der Waals surface area contributed by atoms with Crippen molar-refractivity contribution in [3.8, 4) is 0 Å². The molecular formula is C18H13N3O4. The van der Waals surface area contributed by atoms with Crippen LogP contribution < -0.4 is 5.32 Å². The summed E-state index contributed by atoms with van der Waals surface area (Å²) in [5.41, 5.74) is 2.41. The molecule has 0 aromatic heterocycles. The van der Waals surface area contributed by atoms with Crippen molar-refractivity contribution in [2.75, 3.05) is 6.61 Å². The first-order valence-electron chi connectivity index (χ1n) is 7.68. The Morgan fingerprint density at radius 2 is 1.96 bits per heavy atom. The predicted molar refractivity (Wildman–Crippen MR) is 89.9 cm³/mol. The Labute approximate surface area is 142 Å². The van der Waals surface area contributed by atoms with E-state index in [4.69, 9.17) is 4.74 Å². The third-order valence-electron chi connectivity index (χ3n) is 4.15. The summed E-state index contributed by atoms with van der Waals surface area (Å²) in [4.78, 5) is 27.2. The molecule has 1 unspecified atom stereocenters. The maximum absolute atomic E-state index is 12.1. The highest BCUT2D eigenvalue weighted by Crippen LogP contribution is 2.34. The lowest BCUT2D eigenvalue weighted by atomic mass is 9.95. The van der Waals surface area contributed by atoms with E-state index in [-0.39, 0.29) is 12.3 Å². The summed E-state index contributed by atoms with van der Waals surface area (Å²) >= 11 is 0. The first kappa shape index (κ1) is 15.1. The third kappa shape index (κ3) is 2.65. The van der Waals surface area contributed by atoms with Gasteiger partial charge in [-0.2, -0.15) is 0 Å². The van der Waals surface area contributed by atoms with Crippen LogP contribution in [0.25, 0.3) is 0 Å². The summed E-state index contributed by atoms with van der Waals surface area (Å²) in [6.45, 7) is 0.109. The molecule has 1 N–H and O–H groups in total. The molecule has 2 aromatic rings. The number of amidine groups is 1. The van der Waals surface area contributed by atoms with Crippen LogP contribution in [0.2, 0.25) is 0 Å². The van der Waals surface area contributed by atoms with E-state index in [0.717, 1.165) is 5.56 Å². The molecule has 4 rings (SSSR count). The van der Waals surface area contributed by atoms with Gasteiger partial charge in [0.1, 0.15) is 12.4 Å². The molecule has 2 aromatic carbocycles. The van der Waals surface area contributed by atoms with Crippen molar-refractivity contribution < 1.29 is 14.5 Å². The zero-order chi connectivity index (χ0) is 17.4. The Hall–Kier alpha value is -3.48. The Balaban J connectivity index is 1.80. The molecule has 7 heteroatoms. The Morgan fingerprint density at radius 3 is 2.72 bits per heavy atom. The quantitative estimate of drug-likeness (QED) is 0.528. The van der Waals surface area contributed by atoms with Gasteiger partial charge in [0, 0.05) is 17.7 Å². The molecule has 124 valence electrons. The van der Waals surface area contributed by atoms with E-state index in [2.05, 4.69) is 10.3 Å². The Bertz CT molecular complexity index is 934. The molecule has 2 aliphatic heterocycles. The molecule has 0 amide bonds. The van der Waals surface area contributed by atoms with Crippen LogP contribution in [0.5, 0.6) is 0 Å². The first-order valence-corrected chi connectivity index (χ1v) is 7.68. The number of aliphatic imine (C=N–C) groups is 1. The Kier molecular flexibility index (Phi) is 3.53. The lowest BCUT2D eigenvalue weighted by molar-refractivity contribution is -0.384. The predicted octanol–water partition coefficient (Wildman–Crippen LogP) is 2.50. The molecule has 0 fully saturated rings. The smallest absolute Gasteiger partial charge is 0.338 e. The van der Waals surface area contributed by atoms with Crippen LogP contribution in [0.3, 0.4) is 0 Å². The van der Waals surface area contributed by atoms with Crippen LogP contribution in [0.15, 0.2) is 70.9 Å². The highest BCUT2D eigenvalue weighted by atomic mass is 16.6. The van der Waals surface area contributed by atoms with E-state index in [0.29, 0.717) is 22.7 Å². The van der Waals surface area contributed by atoms with Crippen molar-refractivity contribution in [1.82, 2.24) is 5.32 Å². The third-order valence-corrected chi connectivity index (χ3v) is 4.15. The second kappa shape index (κ2) is 5.86. The van der Waals surface area contributed by atoms with Crippen LogP contribution in [-0.2, 0) is 9.53 Å². The number of carbonyl (C=O) groups is 1. The molecule has 0 radical (unpaired) electrons. The van der Waals surface area contributed by atoms with Crippen LogP contribution in [0.1, 0.15) is 17.2 Å². The number of hydrogen-bond donors (Lipinski definition) is 1. The number of rotatable bonds is 3. The highest BCUT2D eigenvalue weighted by molar-refractivity contribution is 6.04. The topological polar surface area (TPSA) is 93.8 Å². The number of nitrogens with zero attached hydrogens (tertiary/aromatic N) is 2. The van der Waals surface area contributed by atoms with Gasteiger partial charge in [-0.05, 0) is 5.56 Å². The fourth-order valence-corrected chi connectivity index (χ4v) is 2.97. The van der Waals surface area contributed by atoms with E-state index < -0.39 is 16.9 Å². The van der Waals surface area contributed by atoms with Crippen molar-refractivity contribution in [2.45, 2.75) is 6.04 Å². The number of hydrogen-bond acceptors (Lipinski definition) is 6. The van der Waals surface area contributed by atoms with Gasteiger partial charge in [0.2, 0.25) is 0 Å². The average molecular weight is 335 g/mol. The average Bonchev–Trinajstić information content (AvgIpc) is 3.03. The minimum atomic E-state index is -0.544. The van der Waals surface area contributed by atoms with E-state index >= 15 is 0 Å². The highest BCUT2D eigenvalue weighted by Gasteiger charge is 2.37. The fourth-order valence-electron chi connectivity index (χ4n) is 2.97. The molecule has 2 aliphatic rings. The molecule has 0 bridgehead atoms. The van der Waals surface area contributed by atoms with Crippen LogP contribution in [-0.4, -0.2) is 23.3 Å². The maximum atomic E-state index is 12.1. The molecule has 25 heavy (non-hydrogen) atoms. The minimum absolute atomic E-state index is 0.0309. The number of carbonyl (C=O) groups excluding carboxylic acids is 1. The lowest BCUT2D eigenvalue weighted by Crippen LogP contribution is -2.35.